The molecule has 8 unspecified atom stereocenters. The Morgan fingerprint density at radius 2 is 1.41 bits per heavy atom. The zero-order valence-corrected chi connectivity index (χ0v) is 18.4. The zero-order valence-electron chi connectivity index (χ0n) is 18.4. The first-order chi connectivity index (χ1) is 14.2. The summed E-state index contributed by atoms with van der Waals surface area (Å²) in [4.78, 5) is 2.85. The van der Waals surface area contributed by atoms with Crippen LogP contribution in [0.2, 0.25) is 0 Å². The summed E-state index contributed by atoms with van der Waals surface area (Å²) in [5.74, 6) is 12.8. The zero-order chi connectivity index (χ0) is 19.4. The lowest BCUT2D eigenvalue weighted by molar-refractivity contribution is 0.140. The molecule has 3 heterocycles. The molecule has 3 aliphatic heterocycles. The molecule has 0 aromatic heterocycles. The maximum Gasteiger partial charge on any atom is 0.0221 e. The highest BCUT2D eigenvalue weighted by Gasteiger charge is 2.43. The van der Waals surface area contributed by atoms with Gasteiger partial charge in [-0.1, -0.05) is 6.42 Å². The fraction of sp³-hybridized carbons (Fsp3) is 1.00. The Hall–Kier alpha value is -0.200. The minimum absolute atomic E-state index is 0.705. The highest BCUT2D eigenvalue weighted by atomic mass is 15.5. The van der Waals surface area contributed by atoms with Crippen molar-refractivity contribution in [3.05, 3.63) is 0 Å². The lowest BCUT2D eigenvalue weighted by atomic mass is 9.76. The van der Waals surface area contributed by atoms with Gasteiger partial charge in [-0.2, -0.15) is 0 Å². The standard InChI is InChI=1S/C24H43N5/c25-28-7-6-18-9-24(10-23(18)14-28)26-29-15-21-5-4-17(8-22(21)16-29)11-27-12-19-2-1-3-20(19)13-27/h17-24,26H,1-16,25H2. The van der Waals surface area contributed by atoms with Crippen LogP contribution in [0.3, 0.4) is 0 Å². The van der Waals surface area contributed by atoms with Crippen molar-refractivity contribution in [2.45, 2.75) is 63.8 Å². The maximum atomic E-state index is 6.08. The second kappa shape index (κ2) is 8.05. The molecule has 164 valence electrons. The minimum Gasteiger partial charge on any atom is -0.302 e. The van der Waals surface area contributed by atoms with Crippen molar-refractivity contribution in [3.8, 4) is 0 Å². The first kappa shape index (κ1) is 19.5. The number of nitrogens with zero attached hydrogens (tertiary/aromatic N) is 3. The van der Waals surface area contributed by atoms with Gasteiger partial charge in [-0.3, -0.25) is 11.3 Å². The van der Waals surface area contributed by atoms with Gasteiger partial charge in [0.1, 0.15) is 0 Å². The first-order valence-electron chi connectivity index (χ1n) is 12.9. The summed E-state index contributed by atoms with van der Waals surface area (Å²) in [6.07, 6.45) is 13.0. The molecule has 0 amide bonds. The third-order valence-electron chi connectivity index (χ3n) is 9.94. The summed E-state index contributed by atoms with van der Waals surface area (Å²) in [6.45, 7) is 9.09. The summed E-state index contributed by atoms with van der Waals surface area (Å²) in [5.41, 5.74) is 3.98. The number of rotatable bonds is 4. The molecule has 6 aliphatic rings. The van der Waals surface area contributed by atoms with Gasteiger partial charge in [0, 0.05) is 51.9 Å². The molecule has 29 heavy (non-hydrogen) atoms. The second-order valence-electron chi connectivity index (χ2n) is 11.9. The van der Waals surface area contributed by atoms with Gasteiger partial charge in [0.25, 0.3) is 0 Å². The van der Waals surface area contributed by atoms with Crippen molar-refractivity contribution in [2.75, 3.05) is 45.8 Å². The van der Waals surface area contributed by atoms with Gasteiger partial charge in [0.15, 0.2) is 0 Å². The van der Waals surface area contributed by atoms with E-state index in [0.717, 1.165) is 54.5 Å². The number of nitrogens with one attached hydrogen (secondary N) is 1. The van der Waals surface area contributed by atoms with Crippen LogP contribution in [-0.2, 0) is 0 Å². The first-order valence-corrected chi connectivity index (χ1v) is 12.9. The van der Waals surface area contributed by atoms with Gasteiger partial charge < -0.3 is 4.90 Å². The number of hydrazine groups is 2. The molecule has 0 aromatic carbocycles. The molecule has 5 nitrogen and oxygen atoms in total. The lowest BCUT2D eigenvalue weighted by Crippen LogP contribution is -2.43. The van der Waals surface area contributed by atoms with E-state index in [1.54, 1.807) is 0 Å². The number of nitrogens with two attached hydrogens (primary N) is 1. The predicted octanol–water partition coefficient (Wildman–Crippen LogP) is 2.55. The number of likely N-dealkylation sites (tertiary alicyclic amines) is 1. The Labute approximate surface area is 177 Å². The van der Waals surface area contributed by atoms with Gasteiger partial charge in [0.2, 0.25) is 0 Å². The highest BCUT2D eigenvalue weighted by molar-refractivity contribution is 4.95. The van der Waals surface area contributed by atoms with Gasteiger partial charge in [-0.25, -0.2) is 10.0 Å². The average Bonchev–Trinajstić information content (AvgIpc) is 3.43. The van der Waals surface area contributed by atoms with Crippen molar-refractivity contribution >= 4 is 0 Å². The Morgan fingerprint density at radius 1 is 0.690 bits per heavy atom. The van der Waals surface area contributed by atoms with Crippen LogP contribution >= 0.6 is 0 Å². The van der Waals surface area contributed by atoms with Crippen molar-refractivity contribution < 1.29 is 0 Å². The van der Waals surface area contributed by atoms with E-state index >= 15 is 0 Å². The molecule has 0 bridgehead atoms. The lowest BCUT2D eigenvalue weighted by Gasteiger charge is -2.33. The number of piperidine rings is 1. The van der Waals surface area contributed by atoms with Crippen LogP contribution in [0.5, 0.6) is 0 Å². The van der Waals surface area contributed by atoms with Gasteiger partial charge in [0.05, 0.1) is 0 Å². The van der Waals surface area contributed by atoms with E-state index in [4.69, 9.17) is 5.84 Å². The van der Waals surface area contributed by atoms with Crippen molar-refractivity contribution in [1.29, 1.82) is 0 Å². The Bertz CT molecular complexity index is 572. The largest absolute Gasteiger partial charge is 0.302 e. The molecular weight excluding hydrogens is 358 g/mol. The molecule has 3 N–H and O–H groups in total. The second-order valence-corrected chi connectivity index (χ2v) is 11.9. The molecule has 0 radical (unpaired) electrons. The van der Waals surface area contributed by atoms with E-state index in [9.17, 15) is 0 Å². The predicted molar refractivity (Wildman–Crippen MR) is 117 cm³/mol. The fourth-order valence-corrected chi connectivity index (χ4v) is 8.52. The average molecular weight is 402 g/mol. The molecular formula is C24H43N5. The third-order valence-corrected chi connectivity index (χ3v) is 9.94. The van der Waals surface area contributed by atoms with Crippen LogP contribution in [0.25, 0.3) is 0 Å². The summed E-state index contributed by atoms with van der Waals surface area (Å²) in [7, 11) is 0. The quantitative estimate of drug-likeness (QED) is 0.709. The molecule has 3 saturated heterocycles. The van der Waals surface area contributed by atoms with Crippen LogP contribution < -0.4 is 11.3 Å². The van der Waals surface area contributed by atoms with Crippen molar-refractivity contribution in [3.63, 3.8) is 0 Å². The Balaban J connectivity index is 0.974. The van der Waals surface area contributed by atoms with E-state index in [-0.39, 0.29) is 0 Å². The smallest absolute Gasteiger partial charge is 0.0221 e. The fourth-order valence-electron chi connectivity index (χ4n) is 8.52. The molecule has 0 spiro atoms. The van der Waals surface area contributed by atoms with E-state index < -0.39 is 0 Å². The third kappa shape index (κ3) is 4.03. The molecule has 8 atom stereocenters. The number of fused-ring (bicyclic) bond motifs is 3. The van der Waals surface area contributed by atoms with Crippen LogP contribution in [0.4, 0.5) is 0 Å². The Morgan fingerprint density at radius 3 is 2.28 bits per heavy atom. The molecule has 6 fully saturated rings. The normalized spacial score (nSPS) is 48.7. The Kier molecular flexibility index (Phi) is 5.41. The van der Waals surface area contributed by atoms with Gasteiger partial charge in [-0.15, -0.1) is 0 Å². The number of hydrogen-bond donors (Lipinski definition) is 2. The van der Waals surface area contributed by atoms with E-state index in [1.165, 1.54) is 90.5 Å². The summed E-state index contributed by atoms with van der Waals surface area (Å²) < 4.78 is 0. The highest BCUT2D eigenvalue weighted by Crippen LogP contribution is 2.43. The van der Waals surface area contributed by atoms with Crippen LogP contribution in [0, 0.1) is 41.4 Å². The van der Waals surface area contributed by atoms with E-state index in [1.807, 2.05) is 0 Å². The molecule has 6 rings (SSSR count). The van der Waals surface area contributed by atoms with Gasteiger partial charge >= 0.3 is 0 Å². The van der Waals surface area contributed by atoms with E-state index in [0.29, 0.717) is 6.04 Å². The van der Waals surface area contributed by atoms with Crippen molar-refractivity contribution in [2.24, 2.45) is 47.3 Å². The van der Waals surface area contributed by atoms with Crippen LogP contribution in [-0.4, -0.2) is 66.8 Å². The van der Waals surface area contributed by atoms with E-state index in [2.05, 4.69) is 20.3 Å². The monoisotopic (exact) mass is 401 g/mol. The minimum atomic E-state index is 0.705. The topological polar surface area (TPSA) is 47.8 Å². The van der Waals surface area contributed by atoms with Crippen LogP contribution in [0.1, 0.15) is 57.8 Å². The molecule has 3 saturated carbocycles. The van der Waals surface area contributed by atoms with Gasteiger partial charge in [-0.05, 0) is 92.8 Å². The number of hydrogen-bond acceptors (Lipinski definition) is 5. The summed E-state index contributed by atoms with van der Waals surface area (Å²) in [6, 6.07) is 0.705. The summed E-state index contributed by atoms with van der Waals surface area (Å²) in [5, 5.41) is 4.70. The molecule has 3 aliphatic carbocycles. The maximum absolute atomic E-state index is 6.08. The molecule has 0 aromatic rings. The molecule has 5 heteroatoms. The van der Waals surface area contributed by atoms with Crippen molar-refractivity contribution in [1.82, 2.24) is 20.3 Å². The van der Waals surface area contributed by atoms with Crippen LogP contribution in [0.15, 0.2) is 0 Å². The summed E-state index contributed by atoms with van der Waals surface area (Å²) >= 11 is 0. The SMILES string of the molecule is NN1CCC2CC(NN3CC4CCC(CN5CC6CCCC6C5)CC4C3)CC2C1.